The van der Waals surface area contributed by atoms with E-state index in [0.717, 1.165) is 0 Å². The average molecular weight is 303 g/mol. The monoisotopic (exact) mass is 303 g/mol. The van der Waals surface area contributed by atoms with Crippen LogP contribution in [0.2, 0.25) is 0 Å². The van der Waals surface area contributed by atoms with Gasteiger partial charge >= 0.3 is 6.03 Å². The fraction of sp³-hybridized carbons (Fsp3) is 0.375. The molecule has 1 aliphatic heterocycles. The molecule has 1 aromatic rings. The van der Waals surface area contributed by atoms with Gasteiger partial charge in [0.25, 0.3) is 0 Å². The molecule has 2 rings (SSSR count). The maximum absolute atomic E-state index is 14.1. The number of nitrogens with zero attached hydrogens (tertiary/aromatic N) is 2. The number of benzene rings is 1. The van der Waals surface area contributed by atoms with Gasteiger partial charge in [0, 0.05) is 31.7 Å². The summed E-state index contributed by atoms with van der Waals surface area (Å²) in [6.45, 7) is 3.64. The molecule has 1 N–H and O–H groups in total. The molecule has 1 aliphatic rings. The van der Waals surface area contributed by atoms with Gasteiger partial charge in [-0.15, -0.1) is 6.42 Å². The van der Waals surface area contributed by atoms with E-state index in [2.05, 4.69) is 11.2 Å². The molecule has 0 aromatic heterocycles. The van der Waals surface area contributed by atoms with Crippen LogP contribution < -0.4 is 10.2 Å². The molecule has 116 valence electrons. The van der Waals surface area contributed by atoms with Crippen LogP contribution in [0.4, 0.5) is 14.9 Å². The smallest absolute Gasteiger partial charge is 0.318 e. The highest BCUT2D eigenvalue weighted by Crippen LogP contribution is 2.22. The second kappa shape index (κ2) is 6.94. The number of rotatable bonds is 3. The number of carbonyl (C=O) groups is 2. The number of hydrogen-bond donors (Lipinski definition) is 1. The summed E-state index contributed by atoms with van der Waals surface area (Å²) in [4.78, 5) is 26.5. The number of halogens is 1. The van der Waals surface area contributed by atoms with Crippen LogP contribution in [-0.2, 0) is 0 Å². The van der Waals surface area contributed by atoms with Gasteiger partial charge in [-0.3, -0.25) is 4.79 Å². The number of amides is 2. The number of terminal acetylenes is 1. The van der Waals surface area contributed by atoms with Gasteiger partial charge in [-0.1, -0.05) is 5.92 Å². The normalized spacial score (nSPS) is 14.4. The lowest BCUT2D eigenvalue weighted by Crippen LogP contribution is -2.52. The Morgan fingerprint density at radius 2 is 2.00 bits per heavy atom. The van der Waals surface area contributed by atoms with E-state index in [1.54, 1.807) is 17.0 Å². The molecule has 6 heteroatoms. The van der Waals surface area contributed by atoms with Crippen LogP contribution in [0.5, 0.6) is 0 Å². The maximum atomic E-state index is 14.1. The third-order valence-corrected chi connectivity index (χ3v) is 3.60. The molecule has 0 bridgehead atoms. The number of Topliss-reactive ketones (excluding diaryl/α,β-unsaturated/α-hetero) is 1. The molecule has 1 saturated heterocycles. The Balaban J connectivity index is 1.99. The van der Waals surface area contributed by atoms with Crippen LogP contribution in [0.15, 0.2) is 18.2 Å². The molecule has 0 unspecified atom stereocenters. The minimum Gasteiger partial charge on any atom is -0.366 e. The molecule has 5 nitrogen and oxygen atoms in total. The Kier molecular flexibility index (Phi) is 4.99. The van der Waals surface area contributed by atoms with Gasteiger partial charge in [-0.2, -0.15) is 0 Å². The highest BCUT2D eigenvalue weighted by atomic mass is 19.1. The number of piperazine rings is 1. The van der Waals surface area contributed by atoms with Gasteiger partial charge in [0.2, 0.25) is 0 Å². The van der Waals surface area contributed by atoms with Crippen molar-refractivity contribution in [1.29, 1.82) is 0 Å². The van der Waals surface area contributed by atoms with E-state index in [0.29, 0.717) is 37.4 Å². The molecular formula is C16H18FN3O2. The van der Waals surface area contributed by atoms with Gasteiger partial charge in [-0.05, 0) is 25.1 Å². The van der Waals surface area contributed by atoms with Crippen LogP contribution in [0, 0.1) is 18.2 Å². The van der Waals surface area contributed by atoms with Crippen molar-refractivity contribution in [1.82, 2.24) is 10.2 Å². The lowest BCUT2D eigenvalue weighted by molar-refractivity contribution is 0.101. The fourth-order valence-corrected chi connectivity index (χ4v) is 2.37. The van der Waals surface area contributed by atoms with Crippen molar-refractivity contribution in [3.63, 3.8) is 0 Å². The van der Waals surface area contributed by atoms with E-state index in [1.165, 1.54) is 13.0 Å². The number of anilines is 1. The fourth-order valence-electron chi connectivity index (χ4n) is 2.37. The van der Waals surface area contributed by atoms with Crippen molar-refractivity contribution >= 4 is 17.5 Å². The number of hydrogen-bond acceptors (Lipinski definition) is 3. The van der Waals surface area contributed by atoms with Gasteiger partial charge in [0.15, 0.2) is 5.78 Å². The maximum Gasteiger partial charge on any atom is 0.318 e. The molecular weight excluding hydrogens is 285 g/mol. The zero-order valence-corrected chi connectivity index (χ0v) is 12.4. The second-order valence-corrected chi connectivity index (χ2v) is 5.06. The number of ketones is 1. The minimum absolute atomic E-state index is 0.166. The molecule has 22 heavy (non-hydrogen) atoms. The van der Waals surface area contributed by atoms with Crippen LogP contribution in [0.25, 0.3) is 0 Å². The Hall–Kier alpha value is -2.55. The van der Waals surface area contributed by atoms with Crippen LogP contribution >= 0.6 is 0 Å². The summed E-state index contributed by atoms with van der Waals surface area (Å²) in [5.41, 5.74) is 0.808. The topological polar surface area (TPSA) is 52.7 Å². The van der Waals surface area contributed by atoms with Crippen molar-refractivity contribution in [2.45, 2.75) is 6.92 Å². The summed E-state index contributed by atoms with van der Waals surface area (Å²) in [6.07, 6.45) is 5.10. The van der Waals surface area contributed by atoms with Crippen molar-refractivity contribution in [2.75, 3.05) is 37.6 Å². The molecule has 2 amide bonds. The number of urea groups is 1. The Morgan fingerprint density at radius 3 is 2.55 bits per heavy atom. The zero-order valence-electron chi connectivity index (χ0n) is 12.4. The van der Waals surface area contributed by atoms with Crippen molar-refractivity contribution in [3.05, 3.63) is 29.6 Å². The van der Waals surface area contributed by atoms with Crippen LogP contribution in [-0.4, -0.2) is 49.4 Å². The Bertz CT molecular complexity index is 616. The first-order valence-electron chi connectivity index (χ1n) is 7.04. The molecule has 0 saturated carbocycles. The third kappa shape index (κ3) is 3.55. The lowest BCUT2D eigenvalue weighted by atomic mass is 10.1. The molecule has 0 aliphatic carbocycles. The molecule has 1 fully saturated rings. The molecule has 1 aromatic carbocycles. The van der Waals surface area contributed by atoms with E-state index < -0.39 is 5.82 Å². The van der Waals surface area contributed by atoms with Gasteiger partial charge in [-0.25, -0.2) is 9.18 Å². The standard InChI is InChI=1S/C16H18FN3O2/c1-3-6-18-16(22)20-9-7-19(8-10-20)15-5-4-13(12(2)21)11-14(15)17/h1,4-5,11H,6-10H2,2H3,(H,18,22). The molecule has 0 atom stereocenters. The predicted molar refractivity (Wildman–Crippen MR) is 82.4 cm³/mol. The number of nitrogens with one attached hydrogen (secondary N) is 1. The second-order valence-electron chi connectivity index (χ2n) is 5.06. The summed E-state index contributed by atoms with van der Waals surface area (Å²) >= 11 is 0. The van der Waals surface area contributed by atoms with Gasteiger partial charge < -0.3 is 15.1 Å². The third-order valence-electron chi connectivity index (χ3n) is 3.60. The summed E-state index contributed by atoms with van der Waals surface area (Å²) in [6, 6.07) is 4.28. The van der Waals surface area contributed by atoms with Crippen LogP contribution in [0.3, 0.4) is 0 Å². The predicted octanol–water partition coefficient (Wildman–Crippen LogP) is 1.49. The van der Waals surface area contributed by atoms with Crippen LogP contribution in [0.1, 0.15) is 17.3 Å². The van der Waals surface area contributed by atoms with Gasteiger partial charge in [0.1, 0.15) is 5.82 Å². The highest BCUT2D eigenvalue weighted by molar-refractivity contribution is 5.94. The number of carbonyl (C=O) groups excluding carboxylic acids is 2. The summed E-state index contributed by atoms with van der Waals surface area (Å²) in [5.74, 6) is 1.76. The van der Waals surface area contributed by atoms with Crippen molar-refractivity contribution in [3.8, 4) is 12.3 Å². The SMILES string of the molecule is C#CCNC(=O)N1CCN(c2ccc(C(C)=O)cc2F)CC1. The summed E-state index contributed by atoms with van der Waals surface area (Å²) < 4.78 is 14.1. The Labute approximate surface area is 129 Å². The largest absolute Gasteiger partial charge is 0.366 e. The first-order valence-corrected chi connectivity index (χ1v) is 7.04. The lowest BCUT2D eigenvalue weighted by Gasteiger charge is -2.36. The van der Waals surface area contributed by atoms with Crippen molar-refractivity contribution < 1.29 is 14.0 Å². The summed E-state index contributed by atoms with van der Waals surface area (Å²) in [5, 5.41) is 2.61. The van der Waals surface area contributed by atoms with E-state index in [-0.39, 0.29) is 18.4 Å². The average Bonchev–Trinajstić information content (AvgIpc) is 2.52. The van der Waals surface area contributed by atoms with E-state index in [1.807, 2.05) is 4.90 Å². The highest BCUT2D eigenvalue weighted by Gasteiger charge is 2.22. The molecule has 1 heterocycles. The minimum atomic E-state index is -0.419. The zero-order chi connectivity index (χ0) is 16.1. The molecule has 0 spiro atoms. The van der Waals surface area contributed by atoms with E-state index >= 15 is 0 Å². The van der Waals surface area contributed by atoms with E-state index in [9.17, 15) is 14.0 Å². The van der Waals surface area contributed by atoms with E-state index in [4.69, 9.17) is 6.42 Å². The molecule has 0 radical (unpaired) electrons. The first-order chi connectivity index (χ1) is 10.5. The van der Waals surface area contributed by atoms with Gasteiger partial charge in [0.05, 0.1) is 12.2 Å². The summed E-state index contributed by atoms with van der Waals surface area (Å²) in [7, 11) is 0. The quantitative estimate of drug-likeness (QED) is 0.680. The Morgan fingerprint density at radius 1 is 1.32 bits per heavy atom. The van der Waals surface area contributed by atoms with Crippen molar-refractivity contribution in [2.24, 2.45) is 0 Å². The first kappa shape index (κ1) is 15.8.